The standard InChI is InChI=1S/C12H9NO2.2C2H6/c1-6-11-7(2-4-9(11)14)13-8-3-5-10(15)12(6)8;2*1-2/h2-6,13H,1H3;2*1-2H3. The van der Waals surface area contributed by atoms with Crippen LogP contribution in [-0.4, -0.2) is 11.6 Å². The van der Waals surface area contributed by atoms with Crippen LogP contribution in [-0.2, 0) is 9.59 Å². The van der Waals surface area contributed by atoms with Crippen molar-refractivity contribution in [1.29, 1.82) is 0 Å². The first-order valence-electron chi connectivity index (χ1n) is 6.88. The highest BCUT2D eigenvalue weighted by atomic mass is 16.1. The minimum absolute atomic E-state index is 0.0104. The van der Waals surface area contributed by atoms with Crippen LogP contribution in [0.5, 0.6) is 0 Å². The van der Waals surface area contributed by atoms with Gasteiger partial charge in [-0.1, -0.05) is 34.6 Å². The summed E-state index contributed by atoms with van der Waals surface area (Å²) in [6.07, 6.45) is 6.64. The Morgan fingerprint density at radius 1 is 0.789 bits per heavy atom. The first kappa shape index (κ1) is 15.2. The lowest BCUT2D eigenvalue weighted by Gasteiger charge is -2.23. The highest BCUT2D eigenvalue weighted by Gasteiger charge is 2.35. The fourth-order valence-corrected chi connectivity index (χ4v) is 2.34. The number of hydrogen-bond donors (Lipinski definition) is 1. The number of hydrogen-bond acceptors (Lipinski definition) is 3. The average Bonchev–Trinajstić information content (AvgIpc) is 3.00. The molecule has 0 bridgehead atoms. The van der Waals surface area contributed by atoms with E-state index >= 15 is 0 Å². The summed E-state index contributed by atoms with van der Waals surface area (Å²) in [4.78, 5) is 23.2. The van der Waals surface area contributed by atoms with Gasteiger partial charge >= 0.3 is 0 Å². The zero-order valence-electron chi connectivity index (χ0n) is 12.2. The summed E-state index contributed by atoms with van der Waals surface area (Å²) < 4.78 is 0. The van der Waals surface area contributed by atoms with Crippen molar-refractivity contribution < 1.29 is 9.59 Å². The molecule has 0 atom stereocenters. The number of carbonyl (C=O) groups excluding carboxylic acids is 2. The molecule has 0 saturated heterocycles. The lowest BCUT2D eigenvalue weighted by atomic mass is 9.86. The molecule has 3 nitrogen and oxygen atoms in total. The highest BCUT2D eigenvalue weighted by molar-refractivity contribution is 6.14. The minimum Gasteiger partial charge on any atom is -0.355 e. The third-order valence-corrected chi connectivity index (χ3v) is 3.05. The molecule has 0 aromatic heterocycles. The molecule has 0 amide bonds. The molecule has 0 unspecified atom stereocenters. The molecule has 3 heteroatoms. The molecule has 102 valence electrons. The van der Waals surface area contributed by atoms with Crippen molar-refractivity contribution >= 4 is 11.6 Å². The van der Waals surface area contributed by atoms with Gasteiger partial charge in [0, 0.05) is 28.5 Å². The molecule has 1 heterocycles. The molecule has 1 N–H and O–H groups in total. The first-order valence-corrected chi connectivity index (χ1v) is 6.88. The number of rotatable bonds is 0. The maximum atomic E-state index is 11.6. The molecular weight excluding hydrogens is 238 g/mol. The highest BCUT2D eigenvalue weighted by Crippen LogP contribution is 2.36. The molecule has 0 saturated carbocycles. The Bertz CT molecular complexity index is 473. The van der Waals surface area contributed by atoms with Crippen molar-refractivity contribution in [2.45, 2.75) is 34.6 Å². The summed E-state index contributed by atoms with van der Waals surface area (Å²) in [6, 6.07) is 0. The first-order chi connectivity index (χ1) is 9.18. The van der Waals surface area contributed by atoms with Gasteiger partial charge in [-0.25, -0.2) is 0 Å². The Kier molecular flexibility index (Phi) is 5.04. The van der Waals surface area contributed by atoms with Crippen LogP contribution in [0.4, 0.5) is 0 Å². The second kappa shape index (κ2) is 6.32. The summed E-state index contributed by atoms with van der Waals surface area (Å²) in [5, 5.41) is 3.11. The van der Waals surface area contributed by atoms with Crippen molar-refractivity contribution in [3.05, 3.63) is 46.8 Å². The lowest BCUT2D eigenvalue weighted by Crippen LogP contribution is -2.26. The van der Waals surface area contributed by atoms with Crippen LogP contribution in [0.3, 0.4) is 0 Å². The van der Waals surface area contributed by atoms with Crippen LogP contribution < -0.4 is 5.32 Å². The summed E-state index contributed by atoms with van der Waals surface area (Å²) >= 11 is 0. The number of dihydropyridines is 1. The van der Waals surface area contributed by atoms with Crippen molar-refractivity contribution in [3.8, 4) is 0 Å². The van der Waals surface area contributed by atoms with Gasteiger partial charge in [0.25, 0.3) is 0 Å². The van der Waals surface area contributed by atoms with E-state index in [4.69, 9.17) is 0 Å². The summed E-state index contributed by atoms with van der Waals surface area (Å²) in [5.74, 6) is -0.0752. The van der Waals surface area contributed by atoms with E-state index in [0.29, 0.717) is 11.1 Å². The molecule has 3 aliphatic rings. The van der Waals surface area contributed by atoms with E-state index in [-0.39, 0.29) is 17.5 Å². The molecule has 3 rings (SSSR count). The van der Waals surface area contributed by atoms with Gasteiger partial charge in [0.1, 0.15) is 0 Å². The van der Waals surface area contributed by atoms with Crippen LogP contribution in [0, 0.1) is 5.92 Å². The SMILES string of the molecule is CC.CC.CC1C2=C(C=CC2=O)NC2=C1C(=O)C=C2. The third-order valence-electron chi connectivity index (χ3n) is 3.05. The van der Waals surface area contributed by atoms with E-state index in [0.717, 1.165) is 11.4 Å². The molecule has 0 fully saturated rings. The van der Waals surface area contributed by atoms with Crippen molar-refractivity contribution in [1.82, 2.24) is 5.32 Å². The maximum absolute atomic E-state index is 11.6. The monoisotopic (exact) mass is 259 g/mol. The van der Waals surface area contributed by atoms with Crippen LogP contribution in [0.25, 0.3) is 0 Å². The Balaban J connectivity index is 0.000000415. The van der Waals surface area contributed by atoms with Crippen molar-refractivity contribution in [2.75, 3.05) is 0 Å². The van der Waals surface area contributed by atoms with Gasteiger partial charge in [0.2, 0.25) is 0 Å². The molecule has 0 aromatic rings. The van der Waals surface area contributed by atoms with Gasteiger partial charge < -0.3 is 5.32 Å². The fourth-order valence-electron chi connectivity index (χ4n) is 2.34. The van der Waals surface area contributed by atoms with Crippen molar-refractivity contribution in [3.63, 3.8) is 0 Å². The Labute approximate surface area is 114 Å². The summed E-state index contributed by atoms with van der Waals surface area (Å²) in [5.41, 5.74) is 3.10. The molecule has 2 aliphatic carbocycles. The zero-order chi connectivity index (χ0) is 14.6. The Hall–Kier alpha value is -1.90. The molecule has 0 spiro atoms. The molecule has 0 radical (unpaired) electrons. The topological polar surface area (TPSA) is 46.2 Å². The van der Waals surface area contributed by atoms with Gasteiger partial charge in [-0.15, -0.1) is 0 Å². The maximum Gasteiger partial charge on any atom is 0.184 e. The fraction of sp³-hybridized carbons (Fsp3) is 0.375. The number of carbonyl (C=O) groups is 2. The van der Waals surface area contributed by atoms with E-state index in [1.54, 1.807) is 24.3 Å². The van der Waals surface area contributed by atoms with Gasteiger partial charge in [0.05, 0.1) is 0 Å². The third kappa shape index (κ3) is 2.46. The Morgan fingerprint density at radius 2 is 1.16 bits per heavy atom. The summed E-state index contributed by atoms with van der Waals surface area (Å²) in [6.45, 7) is 9.90. The van der Waals surface area contributed by atoms with Crippen molar-refractivity contribution in [2.24, 2.45) is 5.92 Å². The zero-order valence-corrected chi connectivity index (χ0v) is 12.2. The number of nitrogens with one attached hydrogen (secondary N) is 1. The second-order valence-corrected chi connectivity index (χ2v) is 3.90. The molecular formula is C16H21NO2. The van der Waals surface area contributed by atoms with Gasteiger partial charge in [-0.3, -0.25) is 9.59 Å². The smallest absolute Gasteiger partial charge is 0.184 e. The normalized spacial score (nSPS) is 19.4. The van der Waals surface area contributed by atoms with Crippen LogP contribution in [0.15, 0.2) is 46.8 Å². The predicted octanol–water partition coefficient (Wildman–Crippen LogP) is 3.06. The van der Waals surface area contributed by atoms with Crippen LogP contribution >= 0.6 is 0 Å². The predicted molar refractivity (Wildman–Crippen MR) is 77.3 cm³/mol. The van der Waals surface area contributed by atoms with E-state index < -0.39 is 0 Å². The van der Waals surface area contributed by atoms with E-state index in [2.05, 4.69) is 5.32 Å². The van der Waals surface area contributed by atoms with Gasteiger partial charge in [-0.05, 0) is 24.3 Å². The van der Waals surface area contributed by atoms with E-state index in [1.165, 1.54) is 0 Å². The van der Waals surface area contributed by atoms with E-state index in [9.17, 15) is 9.59 Å². The Morgan fingerprint density at radius 3 is 1.53 bits per heavy atom. The molecule has 19 heavy (non-hydrogen) atoms. The van der Waals surface area contributed by atoms with E-state index in [1.807, 2.05) is 34.6 Å². The van der Waals surface area contributed by atoms with Gasteiger partial charge in [0.15, 0.2) is 11.6 Å². The second-order valence-electron chi connectivity index (χ2n) is 3.90. The average molecular weight is 259 g/mol. The molecule has 1 aliphatic heterocycles. The van der Waals surface area contributed by atoms with Crippen LogP contribution in [0.2, 0.25) is 0 Å². The lowest BCUT2D eigenvalue weighted by molar-refractivity contribution is -0.112. The van der Waals surface area contributed by atoms with Gasteiger partial charge in [-0.2, -0.15) is 0 Å². The largest absolute Gasteiger partial charge is 0.355 e. The number of ketones is 2. The minimum atomic E-state index is -0.0961. The van der Waals surface area contributed by atoms with Crippen LogP contribution in [0.1, 0.15) is 34.6 Å². The summed E-state index contributed by atoms with van der Waals surface area (Å²) in [7, 11) is 0. The number of allylic oxidation sites excluding steroid dienone is 6. The molecule has 0 aromatic carbocycles. The quantitative estimate of drug-likeness (QED) is 0.727.